The molecule has 7 rings (SSSR count). The first-order chi connectivity index (χ1) is 23.6. The summed E-state index contributed by atoms with van der Waals surface area (Å²) in [6.07, 6.45) is 0.447. The van der Waals surface area contributed by atoms with Gasteiger partial charge in [-0.15, -0.1) is 0 Å². The molecule has 250 valence electrons. The van der Waals surface area contributed by atoms with Gasteiger partial charge < -0.3 is 20.1 Å². The zero-order valence-corrected chi connectivity index (χ0v) is 27.8. The van der Waals surface area contributed by atoms with Crippen molar-refractivity contribution in [2.45, 2.75) is 69.7 Å². The lowest BCUT2D eigenvalue weighted by Gasteiger charge is -2.30. The fourth-order valence-electron chi connectivity index (χ4n) is 7.28. The van der Waals surface area contributed by atoms with Gasteiger partial charge in [-0.2, -0.15) is 0 Å². The van der Waals surface area contributed by atoms with Crippen LogP contribution in [0, 0.1) is 0 Å². The summed E-state index contributed by atoms with van der Waals surface area (Å²) in [6, 6.07) is 28.0. The number of hydrogen-bond acceptors (Lipinski definition) is 6. The van der Waals surface area contributed by atoms with E-state index in [1.54, 1.807) is 45.0 Å². The summed E-state index contributed by atoms with van der Waals surface area (Å²) in [5, 5.41) is 5.70. The van der Waals surface area contributed by atoms with Crippen molar-refractivity contribution >= 4 is 29.6 Å². The lowest BCUT2D eigenvalue weighted by molar-refractivity contribution is -0.159. The van der Waals surface area contributed by atoms with Gasteiger partial charge in [0.05, 0.1) is 5.69 Å². The SMILES string of the molecule is CC(C)(C)OC(=O)[C@@H](NC(=O)[C@@H]1Cc2cccc3c2N1C(=O)[C@@H](NC(=O)OCC1c2ccccc2-c2ccccc21)CC3)c1ccccc1. The van der Waals surface area contributed by atoms with Crippen molar-refractivity contribution in [3.8, 4) is 11.1 Å². The highest BCUT2D eigenvalue weighted by Gasteiger charge is 2.45. The largest absolute Gasteiger partial charge is 0.458 e. The number of amides is 3. The van der Waals surface area contributed by atoms with Crippen LogP contribution in [0.5, 0.6) is 0 Å². The van der Waals surface area contributed by atoms with Crippen molar-refractivity contribution < 1.29 is 28.7 Å². The van der Waals surface area contributed by atoms with Crippen molar-refractivity contribution in [3.63, 3.8) is 0 Å². The van der Waals surface area contributed by atoms with Crippen LogP contribution in [0.2, 0.25) is 0 Å². The Hall–Kier alpha value is -5.44. The molecule has 49 heavy (non-hydrogen) atoms. The van der Waals surface area contributed by atoms with Crippen molar-refractivity contribution in [1.82, 2.24) is 10.6 Å². The molecule has 0 saturated heterocycles. The number of nitrogens with zero attached hydrogens (tertiary/aromatic N) is 1. The molecule has 3 atom stereocenters. The predicted octanol–water partition coefficient (Wildman–Crippen LogP) is 6.00. The van der Waals surface area contributed by atoms with Crippen molar-refractivity contribution in [1.29, 1.82) is 0 Å². The molecule has 1 aliphatic carbocycles. The maximum atomic E-state index is 14.3. The first-order valence-electron chi connectivity index (χ1n) is 16.7. The van der Waals surface area contributed by atoms with E-state index in [-0.39, 0.29) is 18.9 Å². The average molecular weight is 658 g/mol. The minimum absolute atomic E-state index is 0.116. The normalized spacial score (nSPS) is 18.4. The Labute approximate surface area is 285 Å². The summed E-state index contributed by atoms with van der Waals surface area (Å²) < 4.78 is 11.4. The number of para-hydroxylation sites is 1. The quantitative estimate of drug-likeness (QED) is 0.236. The van der Waals surface area contributed by atoms with E-state index in [2.05, 4.69) is 34.9 Å². The summed E-state index contributed by atoms with van der Waals surface area (Å²) in [5.41, 5.74) is 6.71. The highest BCUT2D eigenvalue weighted by atomic mass is 16.6. The Morgan fingerprint density at radius 3 is 2.14 bits per heavy atom. The summed E-state index contributed by atoms with van der Waals surface area (Å²) >= 11 is 0. The number of fused-ring (bicyclic) bond motifs is 3. The number of esters is 1. The van der Waals surface area contributed by atoms with Crippen molar-refractivity contribution in [2.75, 3.05) is 11.5 Å². The van der Waals surface area contributed by atoms with E-state index < -0.39 is 47.6 Å². The van der Waals surface area contributed by atoms with E-state index in [1.807, 2.05) is 48.5 Å². The smallest absolute Gasteiger partial charge is 0.407 e. The molecule has 0 aromatic heterocycles. The fourth-order valence-corrected chi connectivity index (χ4v) is 7.28. The van der Waals surface area contributed by atoms with Gasteiger partial charge in [0, 0.05) is 12.3 Å². The van der Waals surface area contributed by atoms with Gasteiger partial charge in [0.15, 0.2) is 6.04 Å². The molecule has 2 heterocycles. The standard InChI is InChI=1S/C40H39N3O6/c1-40(2,3)49-38(46)34(24-12-5-4-6-13-24)42-36(44)33-22-26-15-11-14-25-20-21-32(37(45)43(33)35(25)26)41-39(47)48-23-31-29-18-9-7-16-27(29)28-17-8-10-19-30(28)31/h4-19,31-34H,20-23H2,1-3H3,(H,41,47)(H,42,44)/t32-,33-,34-/m0/s1. The summed E-state index contributed by atoms with van der Waals surface area (Å²) in [4.78, 5) is 56.5. The van der Waals surface area contributed by atoms with E-state index >= 15 is 0 Å². The molecule has 0 saturated carbocycles. The number of anilines is 1. The second-order valence-corrected chi connectivity index (χ2v) is 13.8. The predicted molar refractivity (Wildman–Crippen MR) is 185 cm³/mol. The molecule has 2 N–H and O–H groups in total. The first-order valence-corrected chi connectivity index (χ1v) is 16.7. The number of nitrogens with one attached hydrogen (secondary N) is 2. The number of benzene rings is 4. The molecule has 0 unspecified atom stereocenters. The van der Waals surface area contributed by atoms with Gasteiger partial charge in [-0.1, -0.05) is 97.1 Å². The number of rotatable bonds is 7. The van der Waals surface area contributed by atoms with Crippen LogP contribution in [0.3, 0.4) is 0 Å². The summed E-state index contributed by atoms with van der Waals surface area (Å²) in [6.45, 7) is 5.42. The monoisotopic (exact) mass is 657 g/mol. The molecule has 3 aliphatic rings. The van der Waals surface area contributed by atoms with Crippen LogP contribution >= 0.6 is 0 Å². The van der Waals surface area contributed by atoms with E-state index in [0.717, 1.165) is 33.4 Å². The second kappa shape index (κ2) is 12.9. The summed E-state index contributed by atoms with van der Waals surface area (Å²) in [7, 11) is 0. The highest BCUT2D eigenvalue weighted by Crippen LogP contribution is 2.44. The van der Waals surface area contributed by atoms with Gasteiger partial charge in [-0.05, 0) is 72.6 Å². The molecule has 3 amide bonds. The first kappa shape index (κ1) is 32.1. The van der Waals surface area contributed by atoms with Crippen LogP contribution in [0.4, 0.5) is 10.5 Å². The lowest BCUT2D eigenvalue weighted by Crippen LogP contribution is -2.55. The zero-order chi connectivity index (χ0) is 34.3. The third kappa shape index (κ3) is 6.28. The van der Waals surface area contributed by atoms with Gasteiger partial charge in [-0.25, -0.2) is 9.59 Å². The molecule has 4 aromatic rings. The molecule has 0 fully saturated rings. The number of aryl methyl sites for hydroxylation is 1. The number of ether oxygens (including phenoxy) is 2. The minimum atomic E-state index is -1.08. The van der Waals surface area contributed by atoms with Gasteiger partial charge >= 0.3 is 12.1 Å². The van der Waals surface area contributed by atoms with E-state index in [9.17, 15) is 19.2 Å². The van der Waals surface area contributed by atoms with Gasteiger partial charge in [0.1, 0.15) is 24.3 Å². The molecule has 2 aliphatic heterocycles. The molecule has 0 bridgehead atoms. The lowest BCUT2D eigenvalue weighted by atomic mass is 9.98. The second-order valence-electron chi connectivity index (χ2n) is 13.8. The Morgan fingerprint density at radius 2 is 1.47 bits per heavy atom. The summed E-state index contributed by atoms with van der Waals surface area (Å²) in [5.74, 6) is -1.60. The number of alkyl carbamates (subject to hydrolysis) is 1. The zero-order valence-electron chi connectivity index (χ0n) is 27.8. The molecule has 9 heteroatoms. The van der Waals surface area contributed by atoms with Crippen molar-refractivity contribution in [3.05, 3.63) is 125 Å². The van der Waals surface area contributed by atoms with Crippen LogP contribution < -0.4 is 15.5 Å². The van der Waals surface area contributed by atoms with Gasteiger partial charge in [0.25, 0.3) is 0 Å². The van der Waals surface area contributed by atoms with Crippen LogP contribution in [0.15, 0.2) is 97.1 Å². The molecular formula is C40H39N3O6. The maximum absolute atomic E-state index is 14.3. The average Bonchev–Trinajstić information content (AvgIpc) is 3.60. The molecule has 0 radical (unpaired) electrons. The number of carbonyl (C=O) groups is 4. The minimum Gasteiger partial charge on any atom is -0.458 e. The van der Waals surface area contributed by atoms with Crippen LogP contribution in [0.1, 0.15) is 67.0 Å². The van der Waals surface area contributed by atoms with Crippen LogP contribution in [0.25, 0.3) is 11.1 Å². The van der Waals surface area contributed by atoms with Crippen LogP contribution in [-0.2, 0) is 36.7 Å². The third-order valence-corrected chi connectivity index (χ3v) is 9.41. The van der Waals surface area contributed by atoms with Gasteiger partial charge in [-0.3, -0.25) is 14.5 Å². The maximum Gasteiger partial charge on any atom is 0.407 e. The molecule has 9 nitrogen and oxygen atoms in total. The fraction of sp³-hybridized carbons (Fsp3) is 0.300. The third-order valence-electron chi connectivity index (χ3n) is 9.41. The highest BCUT2D eigenvalue weighted by molar-refractivity contribution is 6.08. The van der Waals surface area contributed by atoms with Gasteiger partial charge in [0.2, 0.25) is 11.8 Å². The molecular weight excluding hydrogens is 618 g/mol. The van der Waals surface area contributed by atoms with E-state index in [0.29, 0.717) is 24.1 Å². The van der Waals surface area contributed by atoms with Crippen molar-refractivity contribution in [2.24, 2.45) is 0 Å². The van der Waals surface area contributed by atoms with E-state index in [1.165, 1.54) is 4.90 Å². The Morgan fingerprint density at radius 1 is 0.837 bits per heavy atom. The Kier molecular flexibility index (Phi) is 8.44. The number of carbonyl (C=O) groups excluding carboxylic acids is 4. The van der Waals surface area contributed by atoms with E-state index in [4.69, 9.17) is 9.47 Å². The molecule has 0 spiro atoms. The Bertz CT molecular complexity index is 1890. The Balaban J connectivity index is 1.09. The topological polar surface area (TPSA) is 114 Å². The number of hydrogen-bond donors (Lipinski definition) is 2. The molecule has 4 aromatic carbocycles. The van der Waals surface area contributed by atoms with Crippen LogP contribution in [-0.4, -0.2) is 48.2 Å².